The van der Waals surface area contributed by atoms with Gasteiger partial charge < -0.3 is 10.4 Å². The summed E-state index contributed by atoms with van der Waals surface area (Å²) in [4.78, 5) is 16.7. The van der Waals surface area contributed by atoms with Gasteiger partial charge in [-0.1, -0.05) is 12.8 Å². The van der Waals surface area contributed by atoms with E-state index in [1.165, 1.54) is 25.0 Å². The number of rotatable bonds is 9. The number of aryl methyl sites for hydroxylation is 1. The molecule has 0 amide bonds. The number of anilines is 1. The summed E-state index contributed by atoms with van der Waals surface area (Å²) < 4.78 is 0. The highest BCUT2D eigenvalue weighted by molar-refractivity contribution is 7.98. The Morgan fingerprint density at radius 1 is 1.45 bits per heavy atom. The van der Waals surface area contributed by atoms with Gasteiger partial charge in [-0.3, -0.25) is 4.79 Å². The molecular weight excluding hydrogens is 292 g/mol. The maximum absolute atomic E-state index is 11.1. The second-order valence-corrected chi connectivity index (χ2v) is 7.16. The molecule has 2 N–H and O–H groups in total. The number of carbonyl (C=O) groups is 1. The van der Waals surface area contributed by atoms with Crippen molar-refractivity contribution in [1.29, 1.82) is 0 Å². The molecule has 1 aliphatic carbocycles. The molecule has 20 heavy (non-hydrogen) atoms. The maximum Gasteiger partial charge on any atom is 0.312 e. The highest BCUT2D eigenvalue weighted by Crippen LogP contribution is 2.38. The maximum atomic E-state index is 11.1. The van der Waals surface area contributed by atoms with Crippen LogP contribution in [0.1, 0.15) is 48.6 Å². The van der Waals surface area contributed by atoms with Crippen molar-refractivity contribution in [3.8, 4) is 0 Å². The third kappa shape index (κ3) is 4.12. The van der Waals surface area contributed by atoms with Crippen molar-refractivity contribution < 1.29 is 9.90 Å². The fraction of sp³-hybridized carbons (Fsp3) is 0.714. The smallest absolute Gasteiger partial charge is 0.312 e. The number of unbranched alkanes of at least 4 members (excludes halogenated alkanes) is 3. The lowest BCUT2D eigenvalue weighted by molar-refractivity contribution is -0.138. The van der Waals surface area contributed by atoms with E-state index in [0.717, 1.165) is 35.1 Å². The Labute approximate surface area is 128 Å². The van der Waals surface area contributed by atoms with Crippen molar-refractivity contribution in [2.45, 2.75) is 44.4 Å². The molecule has 1 heterocycles. The molecule has 0 aliphatic heterocycles. The molecule has 0 aromatic carbocycles. The highest BCUT2D eigenvalue weighted by Gasteiger charge is 2.32. The number of fused-ring (bicyclic) bond motifs is 1. The van der Waals surface area contributed by atoms with Gasteiger partial charge in [-0.2, -0.15) is 11.8 Å². The van der Waals surface area contributed by atoms with Crippen LogP contribution in [-0.2, 0) is 11.2 Å². The van der Waals surface area contributed by atoms with Crippen LogP contribution in [0, 0.1) is 0 Å². The minimum absolute atomic E-state index is 0.386. The zero-order valence-electron chi connectivity index (χ0n) is 11.9. The standard InChI is InChI=1S/C14H22N2O2S2/c1-19-9-5-3-2-4-8-15-14-16-12-10(13(17)18)6-7-11(12)20-14/h10H,2-9H2,1H3,(H,15,16)(H,17,18). The molecule has 112 valence electrons. The van der Waals surface area contributed by atoms with Crippen molar-refractivity contribution in [2.24, 2.45) is 0 Å². The minimum Gasteiger partial charge on any atom is -0.481 e. The van der Waals surface area contributed by atoms with Gasteiger partial charge in [-0.25, -0.2) is 4.98 Å². The third-order valence-corrected chi connectivity index (χ3v) is 5.35. The molecule has 2 rings (SSSR count). The summed E-state index contributed by atoms with van der Waals surface area (Å²) >= 11 is 3.53. The fourth-order valence-electron chi connectivity index (χ4n) is 2.46. The number of carboxylic acids is 1. The SMILES string of the molecule is CSCCCCCCNc1nc2c(s1)CCC2C(=O)O. The molecule has 4 nitrogen and oxygen atoms in total. The molecule has 0 saturated heterocycles. The van der Waals surface area contributed by atoms with Crippen LogP contribution in [-0.4, -0.2) is 34.6 Å². The summed E-state index contributed by atoms with van der Waals surface area (Å²) in [7, 11) is 0. The normalized spacial score (nSPS) is 17.1. The van der Waals surface area contributed by atoms with Crippen LogP contribution in [0.2, 0.25) is 0 Å². The van der Waals surface area contributed by atoms with Gasteiger partial charge in [-0.15, -0.1) is 11.3 Å². The first-order valence-corrected chi connectivity index (χ1v) is 9.38. The van der Waals surface area contributed by atoms with Crippen molar-refractivity contribution in [3.63, 3.8) is 0 Å². The number of thiazole rings is 1. The highest BCUT2D eigenvalue weighted by atomic mass is 32.2. The topological polar surface area (TPSA) is 62.2 Å². The fourth-order valence-corrected chi connectivity index (χ4v) is 4.02. The summed E-state index contributed by atoms with van der Waals surface area (Å²) in [5.74, 6) is 0.126. The summed E-state index contributed by atoms with van der Waals surface area (Å²) in [6.45, 7) is 0.934. The van der Waals surface area contributed by atoms with Gasteiger partial charge in [-0.05, 0) is 37.7 Å². The molecule has 0 radical (unpaired) electrons. The summed E-state index contributed by atoms with van der Waals surface area (Å²) in [5, 5.41) is 13.4. The van der Waals surface area contributed by atoms with Crippen LogP contribution in [0.15, 0.2) is 0 Å². The van der Waals surface area contributed by atoms with E-state index in [-0.39, 0.29) is 5.92 Å². The van der Waals surface area contributed by atoms with E-state index < -0.39 is 5.97 Å². The van der Waals surface area contributed by atoms with Crippen molar-refractivity contribution in [2.75, 3.05) is 23.9 Å². The zero-order chi connectivity index (χ0) is 14.4. The number of aliphatic carboxylic acids is 1. The largest absolute Gasteiger partial charge is 0.481 e. The molecule has 1 aliphatic rings. The van der Waals surface area contributed by atoms with Gasteiger partial charge in [0.15, 0.2) is 5.13 Å². The van der Waals surface area contributed by atoms with Crippen molar-refractivity contribution in [1.82, 2.24) is 4.98 Å². The third-order valence-electron chi connectivity index (χ3n) is 3.57. The van der Waals surface area contributed by atoms with E-state index in [2.05, 4.69) is 16.6 Å². The Morgan fingerprint density at radius 2 is 2.25 bits per heavy atom. The lowest BCUT2D eigenvalue weighted by Crippen LogP contribution is -2.09. The predicted octanol–water partition coefficient (Wildman–Crippen LogP) is 3.59. The number of thioether (sulfide) groups is 1. The lowest BCUT2D eigenvalue weighted by Gasteiger charge is -2.04. The Kier molecular flexibility index (Phi) is 6.16. The Bertz CT molecular complexity index is 448. The van der Waals surface area contributed by atoms with E-state index in [1.807, 2.05) is 11.8 Å². The van der Waals surface area contributed by atoms with Gasteiger partial charge in [0.1, 0.15) is 5.92 Å². The van der Waals surface area contributed by atoms with Crippen LogP contribution in [0.3, 0.4) is 0 Å². The molecule has 0 saturated carbocycles. The zero-order valence-corrected chi connectivity index (χ0v) is 13.5. The second-order valence-electron chi connectivity index (χ2n) is 5.09. The van der Waals surface area contributed by atoms with Crippen LogP contribution in [0.25, 0.3) is 0 Å². The summed E-state index contributed by atoms with van der Waals surface area (Å²) in [6.07, 6.45) is 8.70. The molecule has 0 fully saturated rings. The average Bonchev–Trinajstić information content (AvgIpc) is 2.96. The van der Waals surface area contributed by atoms with Gasteiger partial charge in [0.25, 0.3) is 0 Å². The predicted molar refractivity (Wildman–Crippen MR) is 86.2 cm³/mol. The van der Waals surface area contributed by atoms with E-state index in [0.29, 0.717) is 6.42 Å². The number of aromatic nitrogens is 1. The van der Waals surface area contributed by atoms with Gasteiger partial charge >= 0.3 is 5.97 Å². The van der Waals surface area contributed by atoms with Crippen LogP contribution >= 0.6 is 23.1 Å². The molecule has 1 aromatic heterocycles. The number of hydrogen-bond acceptors (Lipinski definition) is 5. The first-order valence-electron chi connectivity index (χ1n) is 7.17. The van der Waals surface area contributed by atoms with E-state index in [4.69, 9.17) is 5.11 Å². The first-order chi connectivity index (χ1) is 9.72. The summed E-state index contributed by atoms with van der Waals surface area (Å²) in [5.41, 5.74) is 0.796. The van der Waals surface area contributed by atoms with Crippen LogP contribution in [0.5, 0.6) is 0 Å². The number of nitrogens with zero attached hydrogens (tertiary/aromatic N) is 1. The number of hydrogen-bond donors (Lipinski definition) is 2. The Hall–Kier alpha value is -0.750. The molecule has 1 unspecified atom stereocenters. The van der Waals surface area contributed by atoms with E-state index in [9.17, 15) is 4.79 Å². The molecule has 0 spiro atoms. The first kappa shape index (κ1) is 15.6. The van der Waals surface area contributed by atoms with E-state index >= 15 is 0 Å². The molecule has 1 aromatic rings. The quantitative estimate of drug-likeness (QED) is 0.682. The molecule has 1 atom stereocenters. The van der Waals surface area contributed by atoms with Crippen molar-refractivity contribution in [3.05, 3.63) is 10.6 Å². The number of nitrogens with one attached hydrogen (secondary N) is 1. The van der Waals surface area contributed by atoms with Gasteiger partial charge in [0.2, 0.25) is 0 Å². The second kappa shape index (κ2) is 7.88. The minimum atomic E-state index is -0.741. The van der Waals surface area contributed by atoms with Gasteiger partial charge in [0, 0.05) is 11.4 Å². The average molecular weight is 314 g/mol. The molecular formula is C14H22N2O2S2. The van der Waals surface area contributed by atoms with Crippen molar-refractivity contribution >= 4 is 34.2 Å². The number of carboxylic acid groups (broad SMARTS) is 1. The van der Waals surface area contributed by atoms with Crippen LogP contribution < -0.4 is 5.32 Å². The summed E-state index contributed by atoms with van der Waals surface area (Å²) in [6, 6.07) is 0. The Balaban J connectivity index is 1.70. The van der Waals surface area contributed by atoms with E-state index in [1.54, 1.807) is 11.3 Å². The monoisotopic (exact) mass is 314 g/mol. The van der Waals surface area contributed by atoms with Crippen LogP contribution in [0.4, 0.5) is 5.13 Å². The lowest BCUT2D eigenvalue weighted by atomic mass is 10.1. The van der Waals surface area contributed by atoms with Gasteiger partial charge in [0.05, 0.1) is 5.69 Å². The molecule has 6 heteroatoms. The Morgan fingerprint density at radius 3 is 3.00 bits per heavy atom. The molecule has 0 bridgehead atoms.